The zero-order valence-electron chi connectivity index (χ0n) is 27.4. The highest BCUT2D eigenvalue weighted by atomic mass is 35.5. The third-order valence-electron chi connectivity index (χ3n) is 7.08. The van der Waals surface area contributed by atoms with Gasteiger partial charge in [-0.15, -0.1) is 11.3 Å². The topological polar surface area (TPSA) is 353 Å². The van der Waals surface area contributed by atoms with Gasteiger partial charge < -0.3 is 41.2 Å². The predicted molar refractivity (Wildman–Crippen MR) is 181 cm³/mol. The molecule has 288 valence electrons. The van der Waals surface area contributed by atoms with Gasteiger partial charge >= 0.3 is 35.7 Å². The summed E-state index contributed by atoms with van der Waals surface area (Å²) in [7, 11) is 0. The van der Waals surface area contributed by atoms with Crippen LogP contribution in [-0.4, -0.2) is 135 Å². The van der Waals surface area contributed by atoms with Gasteiger partial charge in [0, 0.05) is 5.38 Å². The molecule has 0 radical (unpaired) electrons. The molecular weight excluding hydrogens is 788 g/mol. The Labute approximate surface area is 314 Å². The molecule has 0 saturated carbocycles. The lowest BCUT2D eigenvalue weighted by molar-refractivity contribution is -0.161. The van der Waals surface area contributed by atoms with Gasteiger partial charge in [0.05, 0.1) is 23.7 Å². The Bertz CT molecular complexity index is 1990. The summed E-state index contributed by atoms with van der Waals surface area (Å²) in [4.78, 5) is 122. The number of hydrazine groups is 2. The Balaban J connectivity index is 1.39. The number of carboxylic acids is 2. The number of phenols is 2. The van der Waals surface area contributed by atoms with Crippen LogP contribution in [0.4, 0.5) is 9.93 Å². The summed E-state index contributed by atoms with van der Waals surface area (Å²) < 4.78 is 0.981. The van der Waals surface area contributed by atoms with Gasteiger partial charge in [-0.2, -0.15) is 0 Å². The maximum Gasteiger partial charge on any atom is 0.350 e. The molecule has 2 aliphatic heterocycles. The average Bonchev–Trinajstić information content (AvgIpc) is 3.70. The number of aromatic hydroxyl groups is 2. The number of ketones is 1. The number of β-lactam (4-membered cyclic amide) rings is 1. The quantitative estimate of drug-likeness (QED) is 0.0193. The molecule has 54 heavy (non-hydrogen) atoms. The number of anilines is 1. The summed E-state index contributed by atoms with van der Waals surface area (Å²) in [6, 6.07) is -0.658. The molecule has 7 amide bonds. The Morgan fingerprint density at radius 1 is 1.06 bits per heavy atom. The summed E-state index contributed by atoms with van der Waals surface area (Å²) in [6.45, 7) is 1.01. The number of nitrogens with zero attached hydrogens (tertiary/aromatic N) is 5. The molecule has 2 saturated heterocycles. The van der Waals surface area contributed by atoms with Crippen molar-refractivity contribution in [3.05, 3.63) is 33.8 Å². The van der Waals surface area contributed by atoms with Crippen LogP contribution in [0.1, 0.15) is 29.9 Å². The number of likely N-dealkylation sites (tertiary alicyclic amines) is 1. The number of thiazole rings is 1. The fourth-order valence-electron chi connectivity index (χ4n) is 4.20. The van der Waals surface area contributed by atoms with E-state index in [9.17, 15) is 63.6 Å². The van der Waals surface area contributed by atoms with E-state index in [0.717, 1.165) is 46.5 Å². The Kier molecular flexibility index (Phi) is 12.0. The van der Waals surface area contributed by atoms with Crippen LogP contribution in [0, 0.1) is 0 Å². The van der Waals surface area contributed by atoms with Gasteiger partial charge in [0.15, 0.2) is 22.3 Å². The highest BCUT2D eigenvalue weighted by molar-refractivity contribution is 7.98. The zero-order chi connectivity index (χ0) is 40.2. The Hall–Kier alpha value is -6.41. The molecule has 1 aromatic carbocycles. The third kappa shape index (κ3) is 8.78. The first-order valence-electron chi connectivity index (χ1n) is 14.7. The van der Waals surface area contributed by atoms with Crippen LogP contribution in [0.3, 0.4) is 0 Å². The molecule has 0 spiro atoms. The highest BCUT2D eigenvalue weighted by Gasteiger charge is 2.52. The number of hydrogen-bond donors (Lipinski definition) is 9. The average molecular weight is 815 g/mol. The molecule has 27 heteroatoms. The van der Waals surface area contributed by atoms with E-state index in [0.29, 0.717) is 17.0 Å². The Morgan fingerprint density at radius 2 is 1.72 bits per heavy atom. The maximum atomic E-state index is 13.4. The van der Waals surface area contributed by atoms with E-state index in [4.69, 9.17) is 22.2 Å². The number of nitrogens with two attached hydrogens (primary N) is 1. The minimum atomic E-state index is -1.91. The number of carboxylic acid groups (broad SMARTS) is 2. The van der Waals surface area contributed by atoms with E-state index in [2.05, 4.69) is 15.5 Å². The molecule has 2 atom stereocenters. The SMILES string of the molecule is CC(C)(O/N=C(\C(=O)N[C@@H]1C(=O)N(CC(=O)O)C1SN1CCN(NC(=O)C(=O)NNC(=O)C(=O)c2ccc(O)c(O)c2Cl)C1=O)c1csc(N)n1)C(=O)O. The van der Waals surface area contributed by atoms with E-state index in [-0.39, 0.29) is 23.9 Å². The lowest BCUT2D eigenvalue weighted by Gasteiger charge is -2.46. The largest absolute Gasteiger partial charge is 0.504 e. The lowest BCUT2D eigenvalue weighted by Crippen LogP contribution is -2.71. The molecule has 4 rings (SSSR count). The summed E-state index contributed by atoms with van der Waals surface area (Å²) in [5, 5.41) is 43.8. The van der Waals surface area contributed by atoms with Crippen molar-refractivity contribution in [1.82, 2.24) is 40.8 Å². The number of phenolic OH excluding ortho intramolecular Hbond substituents is 2. The van der Waals surface area contributed by atoms with Crippen molar-refractivity contribution in [3.8, 4) is 11.5 Å². The van der Waals surface area contributed by atoms with E-state index >= 15 is 0 Å². The minimum Gasteiger partial charge on any atom is -0.504 e. The number of amides is 7. The number of nitrogens with one attached hydrogen (secondary N) is 4. The molecule has 1 aromatic heterocycles. The summed E-state index contributed by atoms with van der Waals surface area (Å²) in [5.74, 6) is -12.3. The monoisotopic (exact) mass is 814 g/mol. The minimum absolute atomic E-state index is 0.00294. The van der Waals surface area contributed by atoms with E-state index in [1.54, 1.807) is 10.9 Å². The third-order valence-corrected chi connectivity index (χ3v) is 9.47. The molecule has 0 bridgehead atoms. The first-order chi connectivity index (χ1) is 25.2. The van der Waals surface area contributed by atoms with Gasteiger partial charge in [0.25, 0.3) is 11.7 Å². The van der Waals surface area contributed by atoms with Gasteiger partial charge in [0.2, 0.25) is 11.5 Å². The second-order valence-corrected chi connectivity index (χ2v) is 13.6. The van der Waals surface area contributed by atoms with Crippen molar-refractivity contribution in [2.75, 3.05) is 25.4 Å². The highest BCUT2D eigenvalue weighted by Crippen LogP contribution is 2.36. The molecule has 2 fully saturated rings. The van der Waals surface area contributed by atoms with E-state index < -0.39 is 105 Å². The summed E-state index contributed by atoms with van der Waals surface area (Å²) in [5.41, 5.74) is 7.74. The molecule has 2 aliphatic rings. The van der Waals surface area contributed by atoms with Crippen molar-refractivity contribution in [2.45, 2.75) is 30.9 Å². The van der Waals surface area contributed by atoms with Crippen LogP contribution in [-0.2, 0) is 38.4 Å². The normalized spacial score (nSPS) is 17.0. The zero-order valence-corrected chi connectivity index (χ0v) is 29.8. The first kappa shape index (κ1) is 40.4. The van der Waals surface area contributed by atoms with Gasteiger partial charge in [-0.3, -0.25) is 54.1 Å². The fraction of sp³-hybridized carbons (Fsp3) is 0.296. The number of aliphatic carboxylic acids is 2. The summed E-state index contributed by atoms with van der Waals surface area (Å²) in [6.07, 6.45) is 0. The van der Waals surface area contributed by atoms with Crippen LogP contribution in [0.5, 0.6) is 11.5 Å². The van der Waals surface area contributed by atoms with E-state index in [1.807, 2.05) is 5.43 Å². The van der Waals surface area contributed by atoms with Crippen molar-refractivity contribution in [3.63, 3.8) is 0 Å². The molecular formula is C27H27ClN10O14S2. The second-order valence-electron chi connectivity index (χ2n) is 11.2. The molecule has 0 aliphatic carbocycles. The van der Waals surface area contributed by atoms with Crippen molar-refractivity contribution < 1.29 is 68.4 Å². The molecule has 3 heterocycles. The number of halogens is 1. The molecule has 2 aromatic rings. The number of rotatable bonds is 13. The Morgan fingerprint density at radius 3 is 2.33 bits per heavy atom. The first-order valence-corrected chi connectivity index (χ1v) is 16.8. The number of aromatic nitrogens is 1. The number of Topliss-reactive ketones (excluding diaryl/α,β-unsaturated/α-hetero) is 1. The number of benzene rings is 1. The number of hydrogen-bond acceptors (Lipinski definition) is 17. The van der Waals surface area contributed by atoms with E-state index in [1.165, 1.54) is 5.38 Å². The number of oxime groups is 1. The number of urea groups is 1. The predicted octanol–water partition coefficient (Wildman–Crippen LogP) is -2.44. The lowest BCUT2D eigenvalue weighted by atomic mass is 10.1. The summed E-state index contributed by atoms with van der Waals surface area (Å²) >= 11 is 7.25. The fourth-order valence-corrected chi connectivity index (χ4v) is 6.23. The molecule has 1 unspecified atom stereocenters. The smallest absolute Gasteiger partial charge is 0.350 e. The van der Waals surface area contributed by atoms with Crippen LogP contribution >= 0.6 is 34.9 Å². The van der Waals surface area contributed by atoms with Crippen molar-refractivity contribution in [1.29, 1.82) is 0 Å². The van der Waals surface area contributed by atoms with Crippen molar-refractivity contribution >= 4 is 99.0 Å². The van der Waals surface area contributed by atoms with Gasteiger partial charge in [-0.1, -0.05) is 16.8 Å². The van der Waals surface area contributed by atoms with Crippen LogP contribution in [0.2, 0.25) is 5.02 Å². The van der Waals surface area contributed by atoms with Gasteiger partial charge in [-0.25, -0.2) is 19.6 Å². The van der Waals surface area contributed by atoms with Crippen molar-refractivity contribution in [2.24, 2.45) is 5.16 Å². The number of carbonyl (C=O) groups excluding carboxylic acids is 7. The number of carbonyl (C=O) groups is 9. The van der Waals surface area contributed by atoms with Crippen LogP contribution in [0.25, 0.3) is 0 Å². The van der Waals surface area contributed by atoms with Gasteiger partial charge in [0.1, 0.15) is 23.7 Å². The van der Waals surface area contributed by atoms with Gasteiger partial charge in [-0.05, 0) is 37.9 Å². The van der Waals surface area contributed by atoms with Crippen LogP contribution in [0.15, 0.2) is 22.7 Å². The standard InChI is InChI=1S/C27H27ClN10O14S2/c1-27(2,24(49)50)52-35-14(10-8-53-25(29)30-10)18(44)31-15-22(48)36(7-12(40)41)23(15)54-38-6-5-37(26(38)51)34-21(47)20(46)33-32-19(45)16(42)9-3-4-11(39)17(43)13(9)28/h3-4,8,15,23,39,43H,5-7H2,1-2H3,(H2,29,30)(H,31,44)(H,32,45)(H,33,46)(H,34,47)(H,40,41)(H,49,50)/b35-14-/t15-,23?/m1/s1. The maximum absolute atomic E-state index is 13.4. The van der Waals surface area contributed by atoms with Crippen LogP contribution < -0.4 is 27.3 Å². The molecule has 24 nitrogen and oxygen atoms in total. The molecule has 10 N–H and O–H groups in total. The second kappa shape index (κ2) is 16.1. The number of nitrogen functional groups attached to an aromatic ring is 1.